The van der Waals surface area contributed by atoms with E-state index < -0.39 is 0 Å². The summed E-state index contributed by atoms with van der Waals surface area (Å²) in [5.41, 5.74) is 2.52. The highest BCUT2D eigenvalue weighted by molar-refractivity contribution is 5.83. The standard InChI is InChI=1S/C20H21N3O3/c1-14-17-5-3-4-6-18(17)20(25)23(22-14)12-19(24)21-11-15-7-9-16(10-8-15)13-26-2/h3-10H,11-13H2,1-2H3,(H,21,24). The van der Waals surface area contributed by atoms with Gasteiger partial charge in [0.1, 0.15) is 6.54 Å². The van der Waals surface area contributed by atoms with Crippen LogP contribution in [-0.2, 0) is 29.2 Å². The van der Waals surface area contributed by atoms with E-state index in [0.717, 1.165) is 22.2 Å². The molecule has 1 amide bonds. The SMILES string of the molecule is COCc1ccc(CNC(=O)Cn2nc(C)c3ccccc3c2=O)cc1. The first-order valence-electron chi connectivity index (χ1n) is 8.38. The molecule has 26 heavy (non-hydrogen) atoms. The fourth-order valence-electron chi connectivity index (χ4n) is 2.82. The third-order valence-corrected chi connectivity index (χ3v) is 4.17. The number of hydrogen-bond acceptors (Lipinski definition) is 4. The van der Waals surface area contributed by atoms with Crippen molar-refractivity contribution in [3.63, 3.8) is 0 Å². The quantitative estimate of drug-likeness (QED) is 0.739. The van der Waals surface area contributed by atoms with Gasteiger partial charge in [0.05, 0.1) is 17.7 Å². The van der Waals surface area contributed by atoms with Crippen molar-refractivity contribution >= 4 is 16.7 Å². The van der Waals surface area contributed by atoms with Gasteiger partial charge in [-0.3, -0.25) is 9.59 Å². The molecule has 1 aromatic heterocycles. The van der Waals surface area contributed by atoms with Crippen LogP contribution in [0.15, 0.2) is 53.3 Å². The number of nitrogens with one attached hydrogen (secondary N) is 1. The maximum absolute atomic E-state index is 12.5. The zero-order valence-electron chi connectivity index (χ0n) is 14.9. The molecule has 2 aromatic carbocycles. The van der Waals surface area contributed by atoms with Crippen LogP contribution < -0.4 is 10.9 Å². The van der Waals surface area contributed by atoms with Crippen LogP contribution in [0.1, 0.15) is 16.8 Å². The molecule has 0 aliphatic rings. The van der Waals surface area contributed by atoms with E-state index >= 15 is 0 Å². The smallest absolute Gasteiger partial charge is 0.275 e. The van der Waals surface area contributed by atoms with E-state index in [9.17, 15) is 9.59 Å². The molecule has 134 valence electrons. The van der Waals surface area contributed by atoms with Gasteiger partial charge in [-0.2, -0.15) is 5.10 Å². The normalized spacial score (nSPS) is 10.8. The first-order valence-corrected chi connectivity index (χ1v) is 8.38. The number of hydrogen-bond donors (Lipinski definition) is 1. The van der Waals surface area contributed by atoms with Gasteiger partial charge < -0.3 is 10.1 Å². The number of ether oxygens (including phenoxy) is 1. The molecular weight excluding hydrogens is 330 g/mol. The van der Waals surface area contributed by atoms with Gasteiger partial charge in [-0.15, -0.1) is 0 Å². The summed E-state index contributed by atoms with van der Waals surface area (Å²) in [6, 6.07) is 15.1. The minimum atomic E-state index is -0.259. The predicted octanol–water partition coefficient (Wildman–Crippen LogP) is 2.17. The molecule has 0 unspecified atom stereocenters. The Morgan fingerprint density at radius 1 is 1.08 bits per heavy atom. The Hall–Kier alpha value is -2.99. The van der Waals surface area contributed by atoms with Crippen LogP contribution >= 0.6 is 0 Å². The molecule has 3 rings (SSSR count). The summed E-state index contributed by atoms with van der Waals surface area (Å²) < 4.78 is 6.29. The van der Waals surface area contributed by atoms with Crippen molar-refractivity contribution < 1.29 is 9.53 Å². The van der Waals surface area contributed by atoms with E-state index in [2.05, 4.69) is 10.4 Å². The molecule has 1 heterocycles. The van der Waals surface area contributed by atoms with Crippen LogP contribution in [-0.4, -0.2) is 22.8 Å². The van der Waals surface area contributed by atoms with Crippen molar-refractivity contribution in [2.24, 2.45) is 0 Å². The number of nitrogens with zero attached hydrogens (tertiary/aromatic N) is 2. The highest BCUT2D eigenvalue weighted by atomic mass is 16.5. The molecule has 0 radical (unpaired) electrons. The molecule has 6 nitrogen and oxygen atoms in total. The topological polar surface area (TPSA) is 73.2 Å². The lowest BCUT2D eigenvalue weighted by Gasteiger charge is -2.10. The van der Waals surface area contributed by atoms with Crippen molar-refractivity contribution in [2.45, 2.75) is 26.6 Å². The van der Waals surface area contributed by atoms with Crippen LogP contribution in [0.4, 0.5) is 0 Å². The first-order chi connectivity index (χ1) is 12.6. The lowest BCUT2D eigenvalue weighted by Crippen LogP contribution is -2.33. The van der Waals surface area contributed by atoms with Gasteiger partial charge in [-0.25, -0.2) is 4.68 Å². The number of carbonyl (C=O) groups excluding carboxylic acids is 1. The molecule has 1 N–H and O–H groups in total. The molecule has 0 saturated heterocycles. The molecule has 0 bridgehead atoms. The molecule has 0 aliphatic heterocycles. The fraction of sp³-hybridized carbons (Fsp3) is 0.250. The van der Waals surface area contributed by atoms with Gasteiger partial charge in [0.25, 0.3) is 5.56 Å². The number of carbonyl (C=O) groups is 1. The second-order valence-corrected chi connectivity index (χ2v) is 6.12. The molecular formula is C20H21N3O3. The van der Waals surface area contributed by atoms with E-state index in [1.165, 1.54) is 4.68 Å². The van der Waals surface area contributed by atoms with Crippen LogP contribution in [0.5, 0.6) is 0 Å². The highest BCUT2D eigenvalue weighted by Gasteiger charge is 2.10. The van der Waals surface area contributed by atoms with Crippen molar-refractivity contribution in [2.75, 3.05) is 7.11 Å². The average Bonchev–Trinajstić information content (AvgIpc) is 2.66. The Balaban J connectivity index is 1.67. The molecule has 0 atom stereocenters. The number of aromatic nitrogens is 2. The Labute approximate surface area is 151 Å². The molecule has 0 fully saturated rings. The average molecular weight is 351 g/mol. The molecule has 0 saturated carbocycles. The maximum atomic E-state index is 12.5. The lowest BCUT2D eigenvalue weighted by atomic mass is 10.1. The van der Waals surface area contributed by atoms with Crippen LogP contribution in [0, 0.1) is 6.92 Å². The van der Waals surface area contributed by atoms with Gasteiger partial charge in [-0.1, -0.05) is 42.5 Å². The molecule has 6 heteroatoms. The van der Waals surface area contributed by atoms with Crippen LogP contribution in [0.2, 0.25) is 0 Å². The predicted molar refractivity (Wildman–Crippen MR) is 99.7 cm³/mol. The Kier molecular flexibility index (Phi) is 5.43. The van der Waals surface area contributed by atoms with E-state index in [1.807, 2.05) is 43.3 Å². The van der Waals surface area contributed by atoms with Gasteiger partial charge in [0, 0.05) is 19.0 Å². The fourth-order valence-corrected chi connectivity index (χ4v) is 2.82. The van der Waals surface area contributed by atoms with Gasteiger partial charge >= 0.3 is 0 Å². The lowest BCUT2D eigenvalue weighted by molar-refractivity contribution is -0.122. The summed E-state index contributed by atoms with van der Waals surface area (Å²) in [5, 5.41) is 8.46. The number of benzene rings is 2. The number of fused-ring (bicyclic) bond motifs is 1. The van der Waals surface area contributed by atoms with Crippen molar-refractivity contribution in [3.05, 3.63) is 75.7 Å². The third-order valence-electron chi connectivity index (χ3n) is 4.17. The number of aryl methyl sites for hydroxylation is 1. The van der Waals surface area contributed by atoms with Crippen molar-refractivity contribution in [1.82, 2.24) is 15.1 Å². The minimum Gasteiger partial charge on any atom is -0.380 e. The Morgan fingerprint density at radius 2 is 1.73 bits per heavy atom. The Morgan fingerprint density at radius 3 is 2.42 bits per heavy atom. The Bertz CT molecular complexity index is 978. The number of amides is 1. The molecule has 3 aromatic rings. The third kappa shape index (κ3) is 3.97. The molecule has 0 spiro atoms. The second kappa shape index (κ2) is 7.93. The largest absolute Gasteiger partial charge is 0.380 e. The van der Waals surface area contributed by atoms with E-state index in [-0.39, 0.29) is 18.0 Å². The van der Waals surface area contributed by atoms with Crippen LogP contribution in [0.25, 0.3) is 10.8 Å². The summed E-state index contributed by atoms with van der Waals surface area (Å²) in [6.45, 7) is 2.68. The zero-order chi connectivity index (χ0) is 18.5. The maximum Gasteiger partial charge on any atom is 0.275 e. The number of methoxy groups -OCH3 is 1. The van der Waals surface area contributed by atoms with Crippen molar-refractivity contribution in [3.8, 4) is 0 Å². The summed E-state index contributed by atoms with van der Waals surface area (Å²) in [4.78, 5) is 24.7. The van der Waals surface area contributed by atoms with E-state index in [4.69, 9.17) is 4.74 Å². The van der Waals surface area contributed by atoms with Gasteiger partial charge in [-0.05, 0) is 24.1 Å². The summed E-state index contributed by atoms with van der Waals surface area (Å²) >= 11 is 0. The highest BCUT2D eigenvalue weighted by Crippen LogP contribution is 2.11. The number of rotatable bonds is 6. The summed E-state index contributed by atoms with van der Waals surface area (Å²) in [6.07, 6.45) is 0. The molecule has 0 aliphatic carbocycles. The second-order valence-electron chi connectivity index (χ2n) is 6.12. The monoisotopic (exact) mass is 351 g/mol. The van der Waals surface area contributed by atoms with Crippen molar-refractivity contribution in [1.29, 1.82) is 0 Å². The first kappa shape index (κ1) is 17.8. The zero-order valence-corrected chi connectivity index (χ0v) is 14.9. The van der Waals surface area contributed by atoms with E-state index in [1.54, 1.807) is 19.2 Å². The van der Waals surface area contributed by atoms with Gasteiger partial charge in [0.15, 0.2) is 0 Å². The van der Waals surface area contributed by atoms with E-state index in [0.29, 0.717) is 18.5 Å². The summed E-state index contributed by atoms with van der Waals surface area (Å²) in [5.74, 6) is -0.254. The summed E-state index contributed by atoms with van der Waals surface area (Å²) in [7, 11) is 1.65. The minimum absolute atomic E-state index is 0.105. The van der Waals surface area contributed by atoms with Gasteiger partial charge in [0.2, 0.25) is 5.91 Å². The van der Waals surface area contributed by atoms with Crippen LogP contribution in [0.3, 0.4) is 0 Å².